The zero-order valence-electron chi connectivity index (χ0n) is 10.7. The molecule has 1 aliphatic carbocycles. The number of amidine groups is 1. The Labute approximate surface area is 107 Å². The van der Waals surface area contributed by atoms with Gasteiger partial charge in [-0.1, -0.05) is 12.8 Å². The second-order valence-corrected chi connectivity index (χ2v) is 4.57. The fourth-order valence-corrected chi connectivity index (χ4v) is 2.29. The second kappa shape index (κ2) is 5.85. The van der Waals surface area contributed by atoms with Gasteiger partial charge in [0, 0.05) is 12.0 Å². The first-order valence-corrected chi connectivity index (χ1v) is 6.47. The van der Waals surface area contributed by atoms with E-state index in [1.54, 1.807) is 12.1 Å². The quantitative estimate of drug-likeness (QED) is 0.657. The van der Waals surface area contributed by atoms with Crippen LogP contribution in [0.2, 0.25) is 0 Å². The van der Waals surface area contributed by atoms with Gasteiger partial charge in [0.15, 0.2) is 11.6 Å². The Balaban J connectivity index is 2.13. The minimum atomic E-state index is -0.391. The molecule has 0 aliphatic heterocycles. The van der Waals surface area contributed by atoms with E-state index >= 15 is 0 Å². The highest BCUT2D eigenvalue weighted by molar-refractivity contribution is 5.85. The zero-order chi connectivity index (χ0) is 13.0. The van der Waals surface area contributed by atoms with E-state index in [9.17, 15) is 4.39 Å². The van der Waals surface area contributed by atoms with Crippen LogP contribution in [-0.2, 0) is 0 Å². The molecule has 0 unspecified atom stereocenters. The SMILES string of the molecule is CCOc1ccc(N=C(N)C2CCCC2)cc1F. The summed E-state index contributed by atoms with van der Waals surface area (Å²) >= 11 is 0. The molecule has 18 heavy (non-hydrogen) atoms. The molecule has 2 N–H and O–H groups in total. The summed E-state index contributed by atoms with van der Waals surface area (Å²) in [5, 5.41) is 0. The average molecular weight is 250 g/mol. The largest absolute Gasteiger partial charge is 0.491 e. The van der Waals surface area contributed by atoms with Crippen LogP contribution < -0.4 is 10.5 Å². The monoisotopic (exact) mass is 250 g/mol. The predicted molar refractivity (Wildman–Crippen MR) is 70.8 cm³/mol. The Kier molecular flexibility index (Phi) is 4.18. The lowest BCUT2D eigenvalue weighted by atomic mass is 10.1. The van der Waals surface area contributed by atoms with Gasteiger partial charge < -0.3 is 10.5 Å². The molecule has 3 nitrogen and oxygen atoms in total. The van der Waals surface area contributed by atoms with E-state index in [2.05, 4.69) is 4.99 Å². The van der Waals surface area contributed by atoms with E-state index in [1.807, 2.05) is 6.92 Å². The van der Waals surface area contributed by atoms with Crippen molar-refractivity contribution in [3.63, 3.8) is 0 Å². The van der Waals surface area contributed by atoms with Crippen LogP contribution in [0.1, 0.15) is 32.6 Å². The lowest BCUT2D eigenvalue weighted by Gasteiger charge is -2.09. The number of aliphatic imine (C=N–C) groups is 1. The van der Waals surface area contributed by atoms with E-state index in [0.717, 1.165) is 12.8 Å². The fraction of sp³-hybridized carbons (Fsp3) is 0.500. The van der Waals surface area contributed by atoms with Gasteiger partial charge in [-0.2, -0.15) is 0 Å². The number of halogens is 1. The molecule has 0 bridgehead atoms. The summed E-state index contributed by atoms with van der Waals surface area (Å²) in [4.78, 5) is 4.30. The molecule has 1 saturated carbocycles. The van der Waals surface area contributed by atoms with Crippen LogP contribution >= 0.6 is 0 Å². The molecule has 98 valence electrons. The third-order valence-electron chi connectivity index (χ3n) is 3.25. The molecule has 1 aliphatic rings. The molecule has 0 amide bonds. The van der Waals surface area contributed by atoms with E-state index in [0.29, 0.717) is 24.0 Å². The van der Waals surface area contributed by atoms with Gasteiger partial charge in [-0.3, -0.25) is 0 Å². The average Bonchev–Trinajstić information content (AvgIpc) is 2.86. The van der Waals surface area contributed by atoms with Gasteiger partial charge in [0.1, 0.15) is 5.84 Å². The highest BCUT2D eigenvalue weighted by Crippen LogP contribution is 2.27. The third-order valence-corrected chi connectivity index (χ3v) is 3.25. The molecule has 0 heterocycles. The number of rotatable bonds is 4. The zero-order valence-corrected chi connectivity index (χ0v) is 10.7. The molecule has 0 saturated heterocycles. The van der Waals surface area contributed by atoms with Crippen LogP contribution in [0.15, 0.2) is 23.2 Å². The molecule has 1 aromatic carbocycles. The lowest BCUT2D eigenvalue weighted by molar-refractivity contribution is 0.321. The van der Waals surface area contributed by atoms with Crippen molar-refractivity contribution in [2.45, 2.75) is 32.6 Å². The van der Waals surface area contributed by atoms with Gasteiger partial charge in [-0.25, -0.2) is 9.38 Å². The molecule has 4 heteroatoms. The van der Waals surface area contributed by atoms with Crippen LogP contribution in [0.3, 0.4) is 0 Å². The Morgan fingerprint density at radius 2 is 2.17 bits per heavy atom. The van der Waals surface area contributed by atoms with Gasteiger partial charge >= 0.3 is 0 Å². The topological polar surface area (TPSA) is 47.6 Å². The molecule has 0 radical (unpaired) electrons. The van der Waals surface area contributed by atoms with Crippen molar-refractivity contribution in [2.75, 3.05) is 6.61 Å². The van der Waals surface area contributed by atoms with Gasteiger partial charge in [0.25, 0.3) is 0 Å². The maximum atomic E-state index is 13.6. The summed E-state index contributed by atoms with van der Waals surface area (Å²) in [6.07, 6.45) is 4.60. The Morgan fingerprint density at radius 3 is 2.78 bits per heavy atom. The summed E-state index contributed by atoms with van der Waals surface area (Å²) in [6, 6.07) is 4.70. The van der Waals surface area contributed by atoms with Crippen LogP contribution in [0, 0.1) is 11.7 Å². The van der Waals surface area contributed by atoms with Crippen molar-refractivity contribution in [1.82, 2.24) is 0 Å². The second-order valence-electron chi connectivity index (χ2n) is 4.57. The number of nitrogens with two attached hydrogens (primary N) is 1. The van der Waals surface area contributed by atoms with E-state index < -0.39 is 5.82 Å². The summed E-state index contributed by atoms with van der Waals surface area (Å²) in [7, 11) is 0. The van der Waals surface area contributed by atoms with Crippen molar-refractivity contribution in [3.8, 4) is 5.75 Å². The van der Waals surface area contributed by atoms with Crippen molar-refractivity contribution >= 4 is 11.5 Å². The minimum absolute atomic E-state index is 0.260. The van der Waals surface area contributed by atoms with E-state index in [-0.39, 0.29) is 5.75 Å². The summed E-state index contributed by atoms with van der Waals surface area (Å²) in [5.74, 6) is 0.851. The molecular weight excluding hydrogens is 231 g/mol. The Morgan fingerprint density at radius 1 is 1.44 bits per heavy atom. The van der Waals surface area contributed by atoms with Crippen molar-refractivity contribution < 1.29 is 9.13 Å². The first-order chi connectivity index (χ1) is 8.70. The van der Waals surface area contributed by atoms with Gasteiger partial charge in [-0.05, 0) is 31.9 Å². The molecule has 1 aromatic rings. The molecule has 0 aromatic heterocycles. The van der Waals surface area contributed by atoms with Gasteiger partial charge in [-0.15, -0.1) is 0 Å². The number of ether oxygens (including phenoxy) is 1. The maximum Gasteiger partial charge on any atom is 0.167 e. The maximum absolute atomic E-state index is 13.6. The molecule has 2 rings (SSSR count). The van der Waals surface area contributed by atoms with Gasteiger partial charge in [0.2, 0.25) is 0 Å². The molecular formula is C14H19FN2O. The summed E-state index contributed by atoms with van der Waals surface area (Å²) < 4.78 is 18.8. The third kappa shape index (κ3) is 3.00. The van der Waals surface area contributed by atoms with Crippen molar-refractivity contribution in [2.24, 2.45) is 16.6 Å². The van der Waals surface area contributed by atoms with Crippen LogP contribution in [0.5, 0.6) is 5.75 Å². The van der Waals surface area contributed by atoms with Gasteiger partial charge in [0.05, 0.1) is 12.3 Å². The van der Waals surface area contributed by atoms with Crippen LogP contribution in [0.4, 0.5) is 10.1 Å². The Bertz CT molecular complexity index is 439. The van der Waals surface area contributed by atoms with Crippen LogP contribution in [-0.4, -0.2) is 12.4 Å². The summed E-state index contributed by atoms with van der Waals surface area (Å²) in [5.41, 5.74) is 6.51. The van der Waals surface area contributed by atoms with Crippen LogP contribution in [0.25, 0.3) is 0 Å². The summed E-state index contributed by atoms with van der Waals surface area (Å²) in [6.45, 7) is 2.27. The first kappa shape index (κ1) is 12.9. The van der Waals surface area contributed by atoms with E-state index in [4.69, 9.17) is 10.5 Å². The highest BCUT2D eigenvalue weighted by atomic mass is 19.1. The first-order valence-electron chi connectivity index (χ1n) is 6.47. The fourth-order valence-electron chi connectivity index (χ4n) is 2.29. The molecule has 0 atom stereocenters. The number of nitrogens with zero attached hydrogens (tertiary/aromatic N) is 1. The molecule has 1 fully saturated rings. The molecule has 0 spiro atoms. The number of benzene rings is 1. The standard InChI is InChI=1S/C14H19FN2O/c1-2-18-13-8-7-11(9-12(13)15)17-14(16)10-5-3-4-6-10/h7-10H,2-6H2,1H3,(H2,16,17). The Hall–Kier alpha value is -1.58. The minimum Gasteiger partial charge on any atom is -0.491 e. The van der Waals surface area contributed by atoms with Crippen molar-refractivity contribution in [1.29, 1.82) is 0 Å². The highest BCUT2D eigenvalue weighted by Gasteiger charge is 2.18. The smallest absolute Gasteiger partial charge is 0.167 e. The lowest BCUT2D eigenvalue weighted by Crippen LogP contribution is -2.20. The van der Waals surface area contributed by atoms with Crippen molar-refractivity contribution in [3.05, 3.63) is 24.0 Å². The number of hydrogen-bond acceptors (Lipinski definition) is 2. The number of hydrogen-bond donors (Lipinski definition) is 1. The predicted octanol–water partition coefficient (Wildman–Crippen LogP) is 3.40. The normalized spacial score (nSPS) is 17.1. The van der Waals surface area contributed by atoms with E-state index in [1.165, 1.54) is 18.9 Å².